The molecule has 6 nitrogen and oxygen atoms in total. The minimum absolute atomic E-state index is 0.0658. The SMILES string of the molecule is CC(C)(C)OC(=O)NC1COc2ccc(F)cc2NC1=O. The second-order valence-corrected chi connectivity index (χ2v) is 5.64. The van der Waals surface area contributed by atoms with Crippen molar-refractivity contribution in [2.24, 2.45) is 0 Å². The van der Waals surface area contributed by atoms with Crippen molar-refractivity contribution in [1.29, 1.82) is 0 Å². The Balaban J connectivity index is 2.05. The highest BCUT2D eigenvalue weighted by Crippen LogP contribution is 2.27. The van der Waals surface area contributed by atoms with Crippen LogP contribution in [0.2, 0.25) is 0 Å². The lowest BCUT2D eigenvalue weighted by Crippen LogP contribution is -2.48. The number of benzene rings is 1. The van der Waals surface area contributed by atoms with Gasteiger partial charge in [0.2, 0.25) is 0 Å². The van der Waals surface area contributed by atoms with Gasteiger partial charge in [-0.05, 0) is 32.9 Å². The molecule has 114 valence electrons. The van der Waals surface area contributed by atoms with Crippen LogP contribution in [0, 0.1) is 5.82 Å². The van der Waals surface area contributed by atoms with Crippen molar-refractivity contribution in [2.45, 2.75) is 32.4 Å². The number of alkyl carbamates (subject to hydrolysis) is 1. The van der Waals surface area contributed by atoms with Crippen LogP contribution in [-0.4, -0.2) is 30.3 Å². The van der Waals surface area contributed by atoms with Crippen LogP contribution in [0.15, 0.2) is 18.2 Å². The smallest absolute Gasteiger partial charge is 0.408 e. The predicted octanol–water partition coefficient (Wildman–Crippen LogP) is 2.05. The lowest BCUT2D eigenvalue weighted by molar-refractivity contribution is -0.118. The maximum atomic E-state index is 13.2. The molecule has 1 unspecified atom stereocenters. The molecule has 21 heavy (non-hydrogen) atoms. The fraction of sp³-hybridized carbons (Fsp3) is 0.429. The van der Waals surface area contributed by atoms with E-state index < -0.39 is 29.5 Å². The van der Waals surface area contributed by atoms with Gasteiger partial charge in [0, 0.05) is 6.07 Å². The minimum Gasteiger partial charge on any atom is -0.489 e. The van der Waals surface area contributed by atoms with Gasteiger partial charge in [-0.1, -0.05) is 0 Å². The van der Waals surface area contributed by atoms with Crippen molar-refractivity contribution >= 4 is 17.7 Å². The Morgan fingerprint density at radius 2 is 2.19 bits per heavy atom. The van der Waals surface area contributed by atoms with E-state index >= 15 is 0 Å². The largest absolute Gasteiger partial charge is 0.489 e. The normalized spacial score (nSPS) is 17.9. The molecule has 2 amide bonds. The summed E-state index contributed by atoms with van der Waals surface area (Å²) in [7, 11) is 0. The van der Waals surface area contributed by atoms with Gasteiger partial charge in [0.25, 0.3) is 5.91 Å². The maximum absolute atomic E-state index is 13.2. The Morgan fingerprint density at radius 3 is 2.86 bits per heavy atom. The van der Waals surface area contributed by atoms with Crippen molar-refractivity contribution in [3.63, 3.8) is 0 Å². The van der Waals surface area contributed by atoms with E-state index in [4.69, 9.17) is 9.47 Å². The van der Waals surface area contributed by atoms with E-state index in [0.29, 0.717) is 5.75 Å². The van der Waals surface area contributed by atoms with Crippen LogP contribution >= 0.6 is 0 Å². The van der Waals surface area contributed by atoms with Crippen LogP contribution < -0.4 is 15.4 Å². The molecule has 2 N–H and O–H groups in total. The van der Waals surface area contributed by atoms with Gasteiger partial charge in [-0.2, -0.15) is 0 Å². The number of carbonyl (C=O) groups is 2. The number of carbonyl (C=O) groups excluding carboxylic acids is 2. The Labute approximate surface area is 121 Å². The number of ether oxygens (including phenoxy) is 2. The Morgan fingerprint density at radius 1 is 1.48 bits per heavy atom. The number of halogens is 1. The average Bonchev–Trinajstić information content (AvgIpc) is 2.47. The third-order valence-corrected chi connectivity index (χ3v) is 2.61. The first-order chi connectivity index (χ1) is 9.74. The molecule has 1 aromatic rings. The molecule has 0 saturated carbocycles. The molecule has 0 aliphatic carbocycles. The predicted molar refractivity (Wildman–Crippen MR) is 73.7 cm³/mol. The minimum atomic E-state index is -0.921. The summed E-state index contributed by atoms with van der Waals surface area (Å²) in [6, 6.07) is 2.88. The van der Waals surface area contributed by atoms with Gasteiger partial charge in [0.05, 0.1) is 5.69 Å². The summed E-state index contributed by atoms with van der Waals surface area (Å²) in [6.07, 6.45) is -0.719. The van der Waals surface area contributed by atoms with Gasteiger partial charge in [0.15, 0.2) is 0 Å². The summed E-state index contributed by atoms with van der Waals surface area (Å²) in [6.45, 7) is 5.09. The topological polar surface area (TPSA) is 76.7 Å². The molecular weight excluding hydrogens is 279 g/mol. The highest BCUT2D eigenvalue weighted by atomic mass is 19.1. The molecular formula is C14H17FN2O4. The van der Waals surface area contributed by atoms with E-state index in [-0.39, 0.29) is 12.3 Å². The molecule has 0 spiro atoms. The first kappa shape index (κ1) is 15.1. The third-order valence-electron chi connectivity index (χ3n) is 2.61. The van der Waals surface area contributed by atoms with Crippen LogP contribution in [0.3, 0.4) is 0 Å². The number of hydrogen-bond donors (Lipinski definition) is 2. The van der Waals surface area contributed by atoms with Gasteiger partial charge in [0.1, 0.15) is 29.8 Å². The molecule has 1 heterocycles. The number of nitrogens with one attached hydrogen (secondary N) is 2. The maximum Gasteiger partial charge on any atom is 0.408 e. The monoisotopic (exact) mass is 296 g/mol. The molecule has 0 aromatic heterocycles. The number of hydrogen-bond acceptors (Lipinski definition) is 4. The van der Waals surface area contributed by atoms with Crippen molar-refractivity contribution < 1.29 is 23.5 Å². The van der Waals surface area contributed by atoms with E-state index in [0.717, 1.165) is 6.07 Å². The summed E-state index contributed by atoms with van der Waals surface area (Å²) in [5.74, 6) is -0.639. The van der Waals surface area contributed by atoms with Crippen molar-refractivity contribution in [2.75, 3.05) is 11.9 Å². The Kier molecular flexibility index (Phi) is 4.02. The first-order valence-corrected chi connectivity index (χ1v) is 6.47. The molecule has 1 atom stereocenters. The number of anilines is 1. The molecule has 1 aromatic carbocycles. The van der Waals surface area contributed by atoms with Gasteiger partial charge >= 0.3 is 6.09 Å². The van der Waals surface area contributed by atoms with Crippen LogP contribution in [-0.2, 0) is 9.53 Å². The summed E-state index contributed by atoms with van der Waals surface area (Å²) >= 11 is 0. The molecule has 1 aliphatic heterocycles. The summed E-state index contributed by atoms with van der Waals surface area (Å²) < 4.78 is 23.6. The molecule has 0 bridgehead atoms. The summed E-state index contributed by atoms with van der Waals surface area (Å²) in [5, 5.41) is 4.93. The van der Waals surface area contributed by atoms with E-state index in [1.54, 1.807) is 20.8 Å². The van der Waals surface area contributed by atoms with Gasteiger partial charge < -0.3 is 20.1 Å². The quantitative estimate of drug-likeness (QED) is 0.831. The fourth-order valence-corrected chi connectivity index (χ4v) is 1.75. The van der Waals surface area contributed by atoms with Crippen molar-refractivity contribution in [1.82, 2.24) is 5.32 Å². The molecule has 7 heteroatoms. The van der Waals surface area contributed by atoms with Gasteiger partial charge in [-0.3, -0.25) is 4.79 Å². The van der Waals surface area contributed by atoms with E-state index in [9.17, 15) is 14.0 Å². The van der Waals surface area contributed by atoms with Gasteiger partial charge in [-0.25, -0.2) is 9.18 Å². The van der Waals surface area contributed by atoms with E-state index in [2.05, 4.69) is 10.6 Å². The van der Waals surface area contributed by atoms with Crippen LogP contribution in [0.5, 0.6) is 5.75 Å². The molecule has 0 fully saturated rings. The zero-order valence-electron chi connectivity index (χ0n) is 12.0. The van der Waals surface area contributed by atoms with Crippen LogP contribution in [0.25, 0.3) is 0 Å². The summed E-state index contributed by atoms with van der Waals surface area (Å²) in [5.41, 5.74) is -0.438. The first-order valence-electron chi connectivity index (χ1n) is 6.47. The fourth-order valence-electron chi connectivity index (χ4n) is 1.75. The molecule has 0 radical (unpaired) electrons. The van der Waals surface area contributed by atoms with Crippen LogP contribution in [0.4, 0.5) is 14.9 Å². The number of amides is 2. The number of rotatable bonds is 1. The zero-order valence-corrected chi connectivity index (χ0v) is 12.0. The van der Waals surface area contributed by atoms with Crippen molar-refractivity contribution in [3.8, 4) is 5.75 Å². The highest BCUT2D eigenvalue weighted by molar-refractivity contribution is 5.98. The second-order valence-electron chi connectivity index (χ2n) is 5.64. The van der Waals surface area contributed by atoms with E-state index in [1.807, 2.05) is 0 Å². The van der Waals surface area contributed by atoms with Crippen molar-refractivity contribution in [3.05, 3.63) is 24.0 Å². The van der Waals surface area contributed by atoms with Crippen LogP contribution in [0.1, 0.15) is 20.8 Å². The highest BCUT2D eigenvalue weighted by Gasteiger charge is 2.28. The number of fused-ring (bicyclic) bond motifs is 1. The lowest BCUT2D eigenvalue weighted by atomic mass is 10.2. The lowest BCUT2D eigenvalue weighted by Gasteiger charge is -2.22. The molecule has 0 saturated heterocycles. The van der Waals surface area contributed by atoms with E-state index in [1.165, 1.54) is 12.1 Å². The Bertz CT molecular complexity index is 569. The second kappa shape index (κ2) is 5.59. The average molecular weight is 296 g/mol. The molecule has 2 rings (SSSR count). The molecule has 1 aliphatic rings. The summed E-state index contributed by atoms with van der Waals surface area (Å²) in [4.78, 5) is 23.7. The standard InChI is InChI=1S/C14H17FN2O4/c1-14(2,3)21-13(19)17-10-7-20-11-5-4-8(15)6-9(11)16-12(10)18/h4-6,10H,7H2,1-3H3,(H,16,18)(H,17,19). The zero-order chi connectivity index (χ0) is 15.6. The Hall–Kier alpha value is -2.31. The van der Waals surface area contributed by atoms with Gasteiger partial charge in [-0.15, -0.1) is 0 Å². The third kappa shape index (κ3) is 4.08.